The third kappa shape index (κ3) is 14.4. The molecule has 0 fully saturated rings. The number of aliphatic carboxylic acids is 1. The number of ketones is 1. The van der Waals surface area contributed by atoms with Gasteiger partial charge < -0.3 is 24.1 Å². The summed E-state index contributed by atoms with van der Waals surface area (Å²) in [5.74, 6) is 0.799. The van der Waals surface area contributed by atoms with Gasteiger partial charge in [0.05, 0.1) is 31.0 Å². The molecule has 7 nitrogen and oxygen atoms in total. The van der Waals surface area contributed by atoms with Gasteiger partial charge >= 0.3 is 5.97 Å². The molecule has 60 heavy (non-hydrogen) atoms. The van der Waals surface area contributed by atoms with Gasteiger partial charge in [-0.3, -0.25) is 4.79 Å². The van der Waals surface area contributed by atoms with Gasteiger partial charge in [0.1, 0.15) is 24.7 Å². The van der Waals surface area contributed by atoms with E-state index in [-0.39, 0.29) is 43.1 Å². The number of benzene rings is 4. The van der Waals surface area contributed by atoms with E-state index >= 15 is 0 Å². The van der Waals surface area contributed by atoms with Gasteiger partial charge in [0, 0.05) is 18.4 Å². The van der Waals surface area contributed by atoms with Crippen molar-refractivity contribution < 1.29 is 33.6 Å². The van der Waals surface area contributed by atoms with Crippen LogP contribution in [0.3, 0.4) is 0 Å². The second-order valence-corrected chi connectivity index (χ2v) is 16.8. The van der Waals surface area contributed by atoms with E-state index in [1.54, 1.807) is 13.0 Å². The first-order valence-corrected chi connectivity index (χ1v) is 20.0. The normalized spacial score (nSPS) is 16.5. The lowest BCUT2D eigenvalue weighted by atomic mass is 9.79. The Bertz CT molecular complexity index is 1930. The summed E-state index contributed by atoms with van der Waals surface area (Å²) in [6, 6.07) is 39.9. The van der Waals surface area contributed by atoms with Gasteiger partial charge in [0.25, 0.3) is 0 Å². The summed E-state index contributed by atoms with van der Waals surface area (Å²) >= 11 is 0. The average Bonchev–Trinajstić information content (AvgIpc) is 3.21. The lowest BCUT2D eigenvalue weighted by Crippen LogP contribution is -2.29. The molecular formula is C53H66O7. The molecule has 4 aromatic rings. The molecule has 0 saturated heterocycles. The standard InChI is InChI=1S/C26H30O3.C25H28O4.2CH4/c1-19(27)22-15-23(26(2,3)4)25(29-18-21-13-9-6-10-14-21)16-24(22)28-17-20-11-7-5-8-12-20;1-25(2,3)21-14-20(24(26)27)22(28-16-18-10-6-4-7-11-18)15-23(21)29-17-19-12-8-5-9-13-19;;/h5-15,24H,16-18H2,1-4H3;4-14,22H,15-17H2,1-3H3,(H,26,27);2*1H4. The maximum atomic E-state index is 12.4. The van der Waals surface area contributed by atoms with Crippen LogP contribution in [0, 0.1) is 10.8 Å². The van der Waals surface area contributed by atoms with Crippen molar-refractivity contribution in [2.75, 3.05) is 0 Å². The molecule has 7 heteroatoms. The summed E-state index contributed by atoms with van der Waals surface area (Å²) in [6.45, 7) is 16.0. The van der Waals surface area contributed by atoms with Gasteiger partial charge in [-0.25, -0.2) is 4.79 Å². The number of ether oxygens (including phenoxy) is 4. The molecule has 0 aliphatic heterocycles. The first-order valence-electron chi connectivity index (χ1n) is 20.0. The summed E-state index contributed by atoms with van der Waals surface area (Å²) in [7, 11) is 0. The lowest BCUT2D eigenvalue weighted by molar-refractivity contribution is -0.134. The van der Waals surface area contributed by atoms with E-state index in [9.17, 15) is 14.7 Å². The molecule has 0 radical (unpaired) electrons. The van der Waals surface area contributed by atoms with Crippen LogP contribution in [0.1, 0.15) is 98.4 Å². The Morgan fingerprint density at radius 3 is 1.12 bits per heavy atom. The van der Waals surface area contributed by atoms with Crippen LogP contribution in [0.4, 0.5) is 0 Å². The zero-order valence-corrected chi connectivity index (χ0v) is 35.0. The minimum absolute atomic E-state index is 0. The van der Waals surface area contributed by atoms with Crippen LogP contribution in [-0.4, -0.2) is 29.1 Å². The monoisotopic (exact) mass is 814 g/mol. The molecule has 0 amide bonds. The van der Waals surface area contributed by atoms with Crippen LogP contribution in [0.2, 0.25) is 0 Å². The van der Waals surface area contributed by atoms with Crippen molar-refractivity contribution in [2.24, 2.45) is 10.8 Å². The SMILES string of the molecule is C.C.CC(=O)C1=CC(C(C)(C)C)=C(OCc2ccccc2)CC1OCc1ccccc1.CC(C)(C)C1=C(OCc2ccccc2)CC(OCc2ccccc2)C(C(=O)O)=C1. The second kappa shape index (κ2) is 22.8. The highest BCUT2D eigenvalue weighted by atomic mass is 16.5. The molecule has 4 aromatic carbocycles. The molecule has 0 spiro atoms. The number of carboxylic acid groups (broad SMARTS) is 1. The molecule has 2 atom stereocenters. The fourth-order valence-corrected chi connectivity index (χ4v) is 6.83. The van der Waals surface area contributed by atoms with Crippen molar-refractivity contribution in [1.29, 1.82) is 0 Å². The molecule has 2 aliphatic carbocycles. The van der Waals surface area contributed by atoms with Crippen LogP contribution >= 0.6 is 0 Å². The fourth-order valence-electron chi connectivity index (χ4n) is 6.83. The minimum atomic E-state index is -0.952. The second-order valence-electron chi connectivity index (χ2n) is 16.8. The van der Waals surface area contributed by atoms with Gasteiger partial charge in [-0.1, -0.05) is 178 Å². The smallest absolute Gasteiger partial charge is 0.334 e. The van der Waals surface area contributed by atoms with Crippen molar-refractivity contribution >= 4 is 11.8 Å². The van der Waals surface area contributed by atoms with Crippen LogP contribution < -0.4 is 0 Å². The van der Waals surface area contributed by atoms with E-state index in [0.717, 1.165) is 50.5 Å². The Morgan fingerprint density at radius 2 is 0.817 bits per heavy atom. The molecule has 2 unspecified atom stereocenters. The van der Waals surface area contributed by atoms with Gasteiger partial charge in [0.2, 0.25) is 0 Å². The third-order valence-electron chi connectivity index (χ3n) is 10.0. The Kier molecular flexibility index (Phi) is 18.5. The number of Topliss-reactive ketones (excluding diaryl/α,β-unsaturated/α-hetero) is 1. The summed E-state index contributed by atoms with van der Waals surface area (Å²) < 4.78 is 24.6. The fraction of sp³-hybridized carbons (Fsp3) is 0.358. The van der Waals surface area contributed by atoms with Gasteiger partial charge in [0.15, 0.2) is 5.78 Å². The molecule has 6 rings (SSSR count). The van der Waals surface area contributed by atoms with E-state index in [1.165, 1.54) is 0 Å². The highest BCUT2D eigenvalue weighted by Gasteiger charge is 2.34. The highest BCUT2D eigenvalue weighted by molar-refractivity contribution is 5.95. The first-order chi connectivity index (χ1) is 27.7. The van der Waals surface area contributed by atoms with Crippen molar-refractivity contribution in [1.82, 2.24) is 0 Å². The Morgan fingerprint density at radius 1 is 0.517 bits per heavy atom. The van der Waals surface area contributed by atoms with Gasteiger partial charge in [-0.15, -0.1) is 0 Å². The number of hydrogen-bond donors (Lipinski definition) is 1. The molecule has 0 saturated carbocycles. The topological polar surface area (TPSA) is 91.3 Å². The van der Waals surface area contributed by atoms with Crippen molar-refractivity contribution in [3.05, 3.63) is 190 Å². The zero-order chi connectivity index (χ0) is 41.7. The van der Waals surface area contributed by atoms with E-state index < -0.39 is 12.1 Å². The predicted octanol–water partition coefficient (Wildman–Crippen LogP) is 12.8. The Hall–Kier alpha value is -5.50. The maximum Gasteiger partial charge on any atom is 0.334 e. The number of allylic oxidation sites excluding steroid dienone is 4. The van der Waals surface area contributed by atoms with Crippen LogP contribution in [0.25, 0.3) is 0 Å². The van der Waals surface area contributed by atoms with Crippen LogP contribution in [0.15, 0.2) is 167 Å². The Balaban J connectivity index is 0.000000310. The predicted molar refractivity (Wildman–Crippen MR) is 243 cm³/mol. The maximum absolute atomic E-state index is 12.4. The number of carbonyl (C=O) groups excluding carboxylic acids is 1. The first kappa shape index (κ1) is 48.9. The van der Waals surface area contributed by atoms with Crippen molar-refractivity contribution in [2.45, 2.75) is 115 Å². The Labute approximate surface area is 359 Å². The van der Waals surface area contributed by atoms with Crippen LogP contribution in [0.5, 0.6) is 0 Å². The van der Waals surface area contributed by atoms with E-state index in [1.807, 2.05) is 115 Å². The number of rotatable bonds is 14. The molecular weight excluding hydrogens is 749 g/mol. The summed E-state index contributed by atoms with van der Waals surface area (Å²) in [6.07, 6.45) is 3.85. The number of carboxylic acids is 1. The van der Waals surface area contributed by atoms with E-state index in [0.29, 0.717) is 39.3 Å². The molecule has 320 valence electrons. The van der Waals surface area contributed by atoms with Crippen molar-refractivity contribution in [3.8, 4) is 0 Å². The van der Waals surface area contributed by atoms with Crippen molar-refractivity contribution in [3.63, 3.8) is 0 Å². The largest absolute Gasteiger partial charge is 0.493 e. The van der Waals surface area contributed by atoms with E-state index in [4.69, 9.17) is 18.9 Å². The number of carbonyl (C=O) groups is 2. The summed E-state index contributed by atoms with van der Waals surface area (Å²) in [5, 5.41) is 9.77. The molecule has 1 N–H and O–H groups in total. The quantitative estimate of drug-likeness (QED) is 0.136. The molecule has 0 heterocycles. The summed E-state index contributed by atoms with van der Waals surface area (Å²) in [5.41, 5.74) is 6.90. The van der Waals surface area contributed by atoms with Gasteiger partial charge in [-0.2, -0.15) is 0 Å². The lowest BCUT2D eigenvalue weighted by Gasteiger charge is -2.32. The number of hydrogen-bond acceptors (Lipinski definition) is 6. The average molecular weight is 815 g/mol. The minimum Gasteiger partial charge on any atom is -0.493 e. The molecule has 0 aromatic heterocycles. The molecule has 0 bridgehead atoms. The molecule has 2 aliphatic rings. The van der Waals surface area contributed by atoms with E-state index in [2.05, 4.69) is 53.7 Å². The highest BCUT2D eigenvalue weighted by Crippen LogP contribution is 2.40. The van der Waals surface area contributed by atoms with Crippen LogP contribution in [-0.2, 0) is 55.0 Å². The third-order valence-corrected chi connectivity index (χ3v) is 10.0. The summed E-state index contributed by atoms with van der Waals surface area (Å²) in [4.78, 5) is 24.3. The van der Waals surface area contributed by atoms with Gasteiger partial charge in [-0.05, 0) is 63.3 Å². The zero-order valence-electron chi connectivity index (χ0n) is 35.0.